The average molecular weight is 257 g/mol. The Morgan fingerprint density at radius 2 is 1.95 bits per heavy atom. The largest absolute Gasteiger partial charge is 0.335 e. The van der Waals surface area contributed by atoms with Crippen LogP contribution in [0.15, 0.2) is 24.3 Å². The summed E-state index contributed by atoms with van der Waals surface area (Å²) in [5.74, 6) is 0. The third-order valence-electron chi connectivity index (χ3n) is 3.44. The van der Waals surface area contributed by atoms with Crippen LogP contribution in [-0.2, 0) is 0 Å². The van der Waals surface area contributed by atoms with Crippen LogP contribution in [0.4, 0.5) is 10.5 Å². The lowest BCUT2D eigenvalue weighted by Gasteiger charge is -2.16. The van der Waals surface area contributed by atoms with Gasteiger partial charge in [0.15, 0.2) is 0 Å². The molecule has 1 aromatic carbocycles. The Labute approximate surface area is 113 Å². The molecular formula is C15H19N3O. The van der Waals surface area contributed by atoms with Crippen LogP contribution in [0.5, 0.6) is 0 Å². The summed E-state index contributed by atoms with van der Waals surface area (Å²) < 4.78 is 0. The topological polar surface area (TPSA) is 64.9 Å². The van der Waals surface area contributed by atoms with E-state index in [4.69, 9.17) is 5.26 Å². The van der Waals surface area contributed by atoms with Crippen molar-refractivity contribution in [2.75, 3.05) is 5.32 Å². The maximum atomic E-state index is 11.9. The van der Waals surface area contributed by atoms with Crippen molar-refractivity contribution in [2.45, 2.75) is 44.6 Å². The predicted octanol–water partition coefficient (Wildman–Crippen LogP) is 3.40. The first kappa shape index (κ1) is 13.4. The number of nitrogens with one attached hydrogen (secondary N) is 2. The maximum Gasteiger partial charge on any atom is 0.319 e. The second-order valence-corrected chi connectivity index (χ2v) is 4.98. The third kappa shape index (κ3) is 4.29. The van der Waals surface area contributed by atoms with E-state index in [0.717, 1.165) is 12.8 Å². The Hall–Kier alpha value is -2.02. The van der Waals surface area contributed by atoms with E-state index in [1.807, 2.05) is 0 Å². The van der Waals surface area contributed by atoms with Crippen molar-refractivity contribution in [3.63, 3.8) is 0 Å². The van der Waals surface area contributed by atoms with Gasteiger partial charge in [-0.15, -0.1) is 0 Å². The zero-order chi connectivity index (χ0) is 13.5. The first-order chi connectivity index (χ1) is 9.28. The monoisotopic (exact) mass is 257 g/mol. The molecule has 1 fully saturated rings. The molecule has 2 amide bonds. The van der Waals surface area contributed by atoms with Gasteiger partial charge in [0.1, 0.15) is 0 Å². The van der Waals surface area contributed by atoms with Crippen LogP contribution >= 0.6 is 0 Å². The number of hydrogen-bond donors (Lipinski definition) is 2. The summed E-state index contributed by atoms with van der Waals surface area (Å²) in [6.45, 7) is 0. The second-order valence-electron chi connectivity index (χ2n) is 4.98. The minimum absolute atomic E-state index is 0.179. The van der Waals surface area contributed by atoms with Gasteiger partial charge in [-0.2, -0.15) is 5.26 Å². The zero-order valence-electron chi connectivity index (χ0n) is 11.0. The number of carbonyl (C=O) groups is 1. The predicted molar refractivity (Wildman–Crippen MR) is 74.8 cm³/mol. The van der Waals surface area contributed by atoms with Crippen LogP contribution in [0.3, 0.4) is 0 Å². The van der Waals surface area contributed by atoms with Crippen molar-refractivity contribution in [1.82, 2.24) is 5.32 Å². The molecule has 0 unspecified atom stereocenters. The molecule has 1 saturated carbocycles. The van der Waals surface area contributed by atoms with Gasteiger partial charge in [-0.05, 0) is 31.0 Å². The van der Waals surface area contributed by atoms with E-state index in [2.05, 4.69) is 16.7 Å². The molecule has 0 heterocycles. The summed E-state index contributed by atoms with van der Waals surface area (Å²) in [5.41, 5.74) is 1.21. The minimum Gasteiger partial charge on any atom is -0.335 e. The fourth-order valence-corrected chi connectivity index (χ4v) is 2.44. The molecule has 0 saturated heterocycles. The summed E-state index contributed by atoms with van der Waals surface area (Å²) in [5, 5.41) is 14.6. The van der Waals surface area contributed by atoms with E-state index in [1.54, 1.807) is 24.3 Å². The zero-order valence-corrected chi connectivity index (χ0v) is 11.0. The Morgan fingerprint density at radius 1 is 1.21 bits per heavy atom. The second kappa shape index (κ2) is 6.79. The van der Waals surface area contributed by atoms with Crippen LogP contribution in [0.25, 0.3) is 0 Å². The van der Waals surface area contributed by atoms with E-state index >= 15 is 0 Å². The van der Waals surface area contributed by atoms with Crippen LogP contribution in [0.2, 0.25) is 0 Å². The van der Waals surface area contributed by atoms with Crippen LogP contribution in [0, 0.1) is 11.3 Å². The maximum absolute atomic E-state index is 11.9. The van der Waals surface area contributed by atoms with E-state index in [0.29, 0.717) is 11.3 Å². The number of carbonyl (C=O) groups excluding carboxylic acids is 1. The molecule has 100 valence electrons. The van der Waals surface area contributed by atoms with Gasteiger partial charge >= 0.3 is 6.03 Å². The van der Waals surface area contributed by atoms with Crippen LogP contribution in [0.1, 0.15) is 44.1 Å². The Balaban J connectivity index is 1.88. The standard InChI is InChI=1S/C15H19N3O/c16-11-12-6-5-9-14(10-12)18-15(19)17-13-7-3-1-2-4-8-13/h5-6,9-10,13H,1-4,7-8H2,(H2,17,18,19). The Morgan fingerprint density at radius 3 is 2.63 bits per heavy atom. The molecule has 0 aromatic heterocycles. The summed E-state index contributed by atoms with van der Waals surface area (Å²) >= 11 is 0. The van der Waals surface area contributed by atoms with Crippen molar-refractivity contribution in [2.24, 2.45) is 0 Å². The number of anilines is 1. The van der Waals surface area contributed by atoms with Crippen molar-refractivity contribution in [3.8, 4) is 6.07 Å². The highest BCUT2D eigenvalue weighted by Gasteiger charge is 2.14. The van der Waals surface area contributed by atoms with Gasteiger partial charge in [-0.3, -0.25) is 0 Å². The summed E-state index contributed by atoms with van der Waals surface area (Å²) in [7, 11) is 0. The first-order valence-electron chi connectivity index (χ1n) is 6.85. The molecule has 19 heavy (non-hydrogen) atoms. The molecule has 1 aliphatic rings. The lowest BCUT2D eigenvalue weighted by Crippen LogP contribution is -2.37. The molecule has 2 N–H and O–H groups in total. The Bertz CT molecular complexity index is 471. The van der Waals surface area contributed by atoms with Gasteiger partial charge in [0, 0.05) is 11.7 Å². The number of rotatable bonds is 2. The molecule has 1 aromatic rings. The van der Waals surface area contributed by atoms with E-state index < -0.39 is 0 Å². The van der Waals surface area contributed by atoms with Gasteiger partial charge in [-0.25, -0.2) is 4.79 Å². The highest BCUT2D eigenvalue weighted by Crippen LogP contribution is 2.17. The molecule has 4 nitrogen and oxygen atoms in total. The third-order valence-corrected chi connectivity index (χ3v) is 3.44. The molecule has 0 radical (unpaired) electrons. The highest BCUT2D eigenvalue weighted by atomic mass is 16.2. The van der Waals surface area contributed by atoms with E-state index in [-0.39, 0.29) is 12.1 Å². The van der Waals surface area contributed by atoms with Crippen LogP contribution < -0.4 is 10.6 Å². The molecule has 4 heteroatoms. The number of urea groups is 1. The smallest absolute Gasteiger partial charge is 0.319 e. The first-order valence-corrected chi connectivity index (χ1v) is 6.85. The highest BCUT2D eigenvalue weighted by molar-refractivity contribution is 5.89. The summed E-state index contributed by atoms with van der Waals surface area (Å²) in [4.78, 5) is 11.9. The van der Waals surface area contributed by atoms with Gasteiger partial charge < -0.3 is 10.6 Å². The SMILES string of the molecule is N#Cc1cccc(NC(=O)NC2CCCCCC2)c1. The number of hydrogen-bond acceptors (Lipinski definition) is 2. The van der Waals surface area contributed by atoms with Gasteiger partial charge in [-0.1, -0.05) is 31.7 Å². The lowest BCUT2D eigenvalue weighted by molar-refractivity contribution is 0.247. The summed E-state index contributed by atoms with van der Waals surface area (Å²) in [6, 6.07) is 9.10. The molecule has 0 atom stereocenters. The number of amides is 2. The van der Waals surface area contributed by atoms with E-state index in [1.165, 1.54) is 25.7 Å². The van der Waals surface area contributed by atoms with Gasteiger partial charge in [0.25, 0.3) is 0 Å². The Kier molecular flexibility index (Phi) is 4.79. The van der Waals surface area contributed by atoms with Crippen molar-refractivity contribution in [3.05, 3.63) is 29.8 Å². The lowest BCUT2D eigenvalue weighted by atomic mass is 10.1. The number of nitrogens with zero attached hydrogens (tertiary/aromatic N) is 1. The van der Waals surface area contributed by atoms with E-state index in [9.17, 15) is 4.79 Å². The molecule has 0 bridgehead atoms. The van der Waals surface area contributed by atoms with Crippen molar-refractivity contribution in [1.29, 1.82) is 5.26 Å². The molecule has 0 aliphatic heterocycles. The van der Waals surface area contributed by atoms with Crippen molar-refractivity contribution >= 4 is 11.7 Å². The van der Waals surface area contributed by atoms with Gasteiger partial charge in [0.05, 0.1) is 11.6 Å². The average Bonchev–Trinajstić information content (AvgIpc) is 2.67. The number of nitriles is 1. The quantitative estimate of drug-likeness (QED) is 0.797. The molecular weight excluding hydrogens is 238 g/mol. The fraction of sp³-hybridized carbons (Fsp3) is 0.467. The fourth-order valence-electron chi connectivity index (χ4n) is 2.44. The molecule has 0 spiro atoms. The minimum atomic E-state index is -0.179. The molecule has 2 rings (SSSR count). The normalized spacial score (nSPS) is 16.2. The molecule has 1 aliphatic carbocycles. The van der Waals surface area contributed by atoms with Crippen molar-refractivity contribution < 1.29 is 4.79 Å². The number of benzene rings is 1. The summed E-state index contributed by atoms with van der Waals surface area (Å²) in [6.07, 6.45) is 7.04. The van der Waals surface area contributed by atoms with Gasteiger partial charge in [0.2, 0.25) is 0 Å². The van der Waals surface area contributed by atoms with Crippen LogP contribution in [-0.4, -0.2) is 12.1 Å².